The van der Waals surface area contributed by atoms with Crippen LogP contribution in [0, 0.1) is 12.7 Å². The first-order valence-corrected chi connectivity index (χ1v) is 7.42. The summed E-state index contributed by atoms with van der Waals surface area (Å²) in [7, 11) is 0. The van der Waals surface area contributed by atoms with Crippen molar-refractivity contribution >= 4 is 28.5 Å². The lowest BCUT2D eigenvalue weighted by Crippen LogP contribution is -2.13. The van der Waals surface area contributed by atoms with Gasteiger partial charge in [-0.25, -0.2) is 9.37 Å². The zero-order valence-electron chi connectivity index (χ0n) is 11.1. The predicted molar refractivity (Wildman–Crippen MR) is 82.5 cm³/mol. The van der Waals surface area contributed by atoms with E-state index < -0.39 is 5.82 Å². The van der Waals surface area contributed by atoms with Crippen LogP contribution < -0.4 is 5.73 Å². The molecule has 2 aromatic rings. The van der Waals surface area contributed by atoms with E-state index in [1.165, 1.54) is 4.88 Å². The van der Waals surface area contributed by atoms with Crippen LogP contribution in [-0.4, -0.2) is 16.6 Å². The Balaban J connectivity index is 1.90. The van der Waals surface area contributed by atoms with Gasteiger partial charge in [0.15, 0.2) is 0 Å². The summed E-state index contributed by atoms with van der Waals surface area (Å²) in [4.78, 5) is 5.43. The number of nitrogens with zero attached hydrogens (tertiary/aromatic N) is 1. The van der Waals surface area contributed by atoms with Crippen molar-refractivity contribution in [2.24, 2.45) is 5.73 Å². The fraction of sp³-hybridized carbons (Fsp3) is 0.286. The molecule has 1 aromatic carbocycles. The minimum atomic E-state index is -0.394. The van der Waals surface area contributed by atoms with Crippen LogP contribution in [0.15, 0.2) is 23.7 Å². The van der Waals surface area contributed by atoms with Crippen LogP contribution in [0.5, 0.6) is 0 Å². The molecule has 0 bridgehead atoms. The van der Waals surface area contributed by atoms with Gasteiger partial charge in [-0.05, 0) is 13.0 Å². The summed E-state index contributed by atoms with van der Waals surface area (Å²) in [6.07, 6.45) is 0.785. The van der Waals surface area contributed by atoms with Crippen LogP contribution in [0.2, 0.25) is 0 Å². The summed E-state index contributed by atoms with van der Waals surface area (Å²) in [6.45, 7) is 2.71. The molecule has 3 nitrogen and oxygen atoms in total. The summed E-state index contributed by atoms with van der Waals surface area (Å²) in [5.41, 5.74) is 9.04. The maximum absolute atomic E-state index is 14.0. The molecule has 0 aliphatic carbocycles. The molecule has 20 heavy (non-hydrogen) atoms. The summed E-state index contributed by atoms with van der Waals surface area (Å²) >= 11 is 6.41. The molecule has 0 aliphatic rings. The molecule has 1 heterocycles. The van der Waals surface area contributed by atoms with Gasteiger partial charge in [0.25, 0.3) is 0 Å². The van der Waals surface area contributed by atoms with Crippen molar-refractivity contribution in [3.8, 4) is 0 Å². The van der Waals surface area contributed by atoms with Gasteiger partial charge in [-0.1, -0.05) is 24.4 Å². The van der Waals surface area contributed by atoms with Crippen LogP contribution in [0.4, 0.5) is 4.39 Å². The number of hydrogen-bond donors (Lipinski definition) is 1. The third-order valence-electron chi connectivity index (χ3n) is 2.92. The molecule has 0 fully saturated rings. The number of benzene rings is 1. The highest BCUT2D eigenvalue weighted by atomic mass is 32.1. The number of thiocarbonyl (C=S) groups is 1. The molecule has 0 saturated heterocycles. The number of aromatic nitrogens is 1. The summed E-state index contributed by atoms with van der Waals surface area (Å²) in [5, 5.41) is 0. The molecular weight excluding hydrogens is 295 g/mol. The number of nitrogens with two attached hydrogens (primary N) is 1. The third-order valence-corrected chi connectivity index (χ3v) is 4.13. The lowest BCUT2D eigenvalue weighted by atomic mass is 10.1. The molecule has 2 N–H and O–H groups in total. The van der Waals surface area contributed by atoms with E-state index in [-0.39, 0.29) is 17.2 Å². The lowest BCUT2D eigenvalue weighted by Gasteiger charge is -2.08. The number of halogens is 1. The smallest absolute Gasteiger partial charge is 0.138 e. The minimum Gasteiger partial charge on any atom is -0.389 e. The fourth-order valence-corrected chi connectivity index (χ4v) is 2.71. The van der Waals surface area contributed by atoms with Crippen molar-refractivity contribution in [3.05, 3.63) is 51.2 Å². The van der Waals surface area contributed by atoms with E-state index in [2.05, 4.69) is 4.98 Å². The molecule has 0 atom stereocenters. The van der Waals surface area contributed by atoms with Crippen molar-refractivity contribution in [1.29, 1.82) is 0 Å². The van der Waals surface area contributed by atoms with Crippen LogP contribution in [0.3, 0.4) is 0 Å². The zero-order valence-corrected chi connectivity index (χ0v) is 12.7. The first kappa shape index (κ1) is 15.0. The van der Waals surface area contributed by atoms with Crippen LogP contribution in [0.1, 0.15) is 21.7 Å². The van der Waals surface area contributed by atoms with Gasteiger partial charge in [-0.3, -0.25) is 0 Å². The van der Waals surface area contributed by atoms with Gasteiger partial charge in [0, 0.05) is 22.4 Å². The van der Waals surface area contributed by atoms with Crippen molar-refractivity contribution in [3.63, 3.8) is 0 Å². The summed E-state index contributed by atoms with van der Waals surface area (Å²) in [6, 6.07) is 4.97. The molecule has 0 unspecified atom stereocenters. The van der Waals surface area contributed by atoms with Gasteiger partial charge in [0.05, 0.1) is 24.4 Å². The molecule has 6 heteroatoms. The van der Waals surface area contributed by atoms with Gasteiger partial charge in [-0.2, -0.15) is 0 Å². The van der Waals surface area contributed by atoms with Crippen molar-refractivity contribution in [1.82, 2.24) is 4.98 Å². The summed E-state index contributed by atoms with van der Waals surface area (Å²) in [5.74, 6) is -0.394. The van der Waals surface area contributed by atoms with E-state index in [9.17, 15) is 4.39 Å². The van der Waals surface area contributed by atoms with Crippen molar-refractivity contribution in [2.75, 3.05) is 6.61 Å². The van der Waals surface area contributed by atoms with Gasteiger partial charge in [0.1, 0.15) is 10.8 Å². The topological polar surface area (TPSA) is 48.1 Å². The van der Waals surface area contributed by atoms with E-state index in [0.29, 0.717) is 12.2 Å². The highest BCUT2D eigenvalue weighted by Crippen LogP contribution is 2.15. The van der Waals surface area contributed by atoms with E-state index in [4.69, 9.17) is 22.7 Å². The first-order chi connectivity index (χ1) is 9.59. The minimum absolute atomic E-state index is 0.0598. The maximum Gasteiger partial charge on any atom is 0.138 e. The molecule has 0 radical (unpaired) electrons. The monoisotopic (exact) mass is 310 g/mol. The molecule has 0 saturated carbocycles. The number of ether oxygens (including phenoxy) is 1. The SMILES string of the molecule is Cc1ncsc1CCOCc1cccc(C(N)=S)c1F. The fourth-order valence-electron chi connectivity index (χ4n) is 1.79. The van der Waals surface area contributed by atoms with Gasteiger partial charge >= 0.3 is 0 Å². The molecule has 1 aromatic heterocycles. The Kier molecular flexibility index (Phi) is 5.17. The zero-order chi connectivity index (χ0) is 14.5. The molecular formula is C14H15FN2OS2. The Morgan fingerprint density at radius 3 is 2.95 bits per heavy atom. The Morgan fingerprint density at radius 2 is 2.30 bits per heavy atom. The van der Waals surface area contributed by atoms with Gasteiger partial charge in [0.2, 0.25) is 0 Å². The van der Waals surface area contributed by atoms with Crippen LogP contribution in [0.25, 0.3) is 0 Å². The second-order valence-corrected chi connectivity index (χ2v) is 5.69. The van der Waals surface area contributed by atoms with E-state index >= 15 is 0 Å². The lowest BCUT2D eigenvalue weighted by molar-refractivity contribution is 0.121. The van der Waals surface area contributed by atoms with Crippen LogP contribution in [-0.2, 0) is 17.8 Å². The highest BCUT2D eigenvalue weighted by Gasteiger charge is 2.10. The maximum atomic E-state index is 14.0. The van der Waals surface area contributed by atoms with Crippen LogP contribution >= 0.6 is 23.6 Å². The van der Waals surface area contributed by atoms with Gasteiger partial charge in [-0.15, -0.1) is 11.3 Å². The standard InChI is InChI=1S/C14H15FN2OS2/c1-9-12(20-8-17-9)5-6-18-7-10-3-2-4-11(13(10)15)14(16)19/h2-4,8H,5-7H2,1H3,(H2,16,19). The molecule has 2 rings (SSSR count). The quantitative estimate of drug-likeness (QED) is 0.658. The number of rotatable bonds is 6. The second kappa shape index (κ2) is 6.88. The van der Waals surface area contributed by atoms with Crippen molar-refractivity contribution in [2.45, 2.75) is 20.0 Å². The molecule has 0 aliphatic heterocycles. The first-order valence-electron chi connectivity index (χ1n) is 6.13. The molecule has 0 spiro atoms. The Hall–Kier alpha value is -1.37. The largest absolute Gasteiger partial charge is 0.389 e. The highest BCUT2D eigenvalue weighted by molar-refractivity contribution is 7.80. The summed E-state index contributed by atoms with van der Waals surface area (Å²) < 4.78 is 19.6. The number of aryl methyl sites for hydroxylation is 1. The average Bonchev–Trinajstić information content (AvgIpc) is 2.81. The third kappa shape index (κ3) is 3.59. The van der Waals surface area contributed by atoms with Crippen molar-refractivity contribution < 1.29 is 9.13 Å². The Morgan fingerprint density at radius 1 is 1.50 bits per heavy atom. The molecule has 106 valence electrons. The molecule has 0 amide bonds. The Bertz CT molecular complexity index is 613. The van der Waals surface area contributed by atoms with Gasteiger partial charge < -0.3 is 10.5 Å². The normalized spacial score (nSPS) is 10.7. The number of hydrogen-bond acceptors (Lipinski definition) is 4. The van der Waals surface area contributed by atoms with E-state index in [1.54, 1.807) is 29.5 Å². The predicted octanol–water partition coefficient (Wildman–Crippen LogP) is 2.98. The Labute approximate surface area is 126 Å². The average molecular weight is 310 g/mol. The van der Waals surface area contributed by atoms with E-state index in [1.807, 2.05) is 12.4 Å². The van der Waals surface area contributed by atoms with E-state index in [0.717, 1.165) is 12.1 Å². The number of thiazole rings is 1. The second-order valence-electron chi connectivity index (χ2n) is 4.31.